The Kier molecular flexibility index (Phi) is 7.27. The molecule has 1 amide bonds. The van der Waals surface area contributed by atoms with Crippen molar-refractivity contribution in [3.8, 4) is 5.75 Å². The first kappa shape index (κ1) is 24.3. The van der Waals surface area contributed by atoms with E-state index in [1.807, 2.05) is 56.5 Å². The van der Waals surface area contributed by atoms with Crippen LogP contribution in [0.1, 0.15) is 73.2 Å². The van der Waals surface area contributed by atoms with Crippen LogP contribution in [0, 0.1) is 11.3 Å². The van der Waals surface area contributed by atoms with Crippen molar-refractivity contribution in [1.29, 1.82) is 0 Å². The summed E-state index contributed by atoms with van der Waals surface area (Å²) in [5, 5.41) is 3.79. The molecule has 0 radical (unpaired) electrons. The van der Waals surface area contributed by atoms with Gasteiger partial charge in [0.1, 0.15) is 16.5 Å². The van der Waals surface area contributed by atoms with Crippen molar-refractivity contribution in [3.05, 3.63) is 70.0 Å². The van der Waals surface area contributed by atoms with Gasteiger partial charge in [0.05, 0.1) is 24.5 Å². The number of thiophene rings is 1. The quantitative estimate of drug-likeness (QED) is 0.373. The van der Waals surface area contributed by atoms with Crippen molar-refractivity contribution in [3.63, 3.8) is 0 Å². The first-order valence-electron chi connectivity index (χ1n) is 12.0. The van der Waals surface area contributed by atoms with E-state index in [1.54, 1.807) is 17.6 Å². The van der Waals surface area contributed by atoms with Gasteiger partial charge in [-0.3, -0.25) is 4.79 Å². The summed E-state index contributed by atoms with van der Waals surface area (Å²) in [6.45, 7) is 11.3. The number of ether oxygens (including phenoxy) is 1. The van der Waals surface area contributed by atoms with Gasteiger partial charge in [0, 0.05) is 16.7 Å². The molecule has 1 atom stereocenters. The lowest BCUT2D eigenvalue weighted by molar-refractivity contribution is 0.0947. The Morgan fingerprint density at radius 3 is 2.76 bits per heavy atom. The molecule has 0 saturated heterocycles. The average Bonchev–Trinajstić information content (AvgIpc) is 3.43. The van der Waals surface area contributed by atoms with Gasteiger partial charge in [-0.2, -0.15) is 0 Å². The third kappa shape index (κ3) is 5.61. The van der Waals surface area contributed by atoms with Gasteiger partial charge in [0.15, 0.2) is 0 Å². The fourth-order valence-electron chi connectivity index (χ4n) is 4.38. The van der Waals surface area contributed by atoms with E-state index in [4.69, 9.17) is 14.1 Å². The second-order valence-corrected chi connectivity index (χ2v) is 11.3. The van der Waals surface area contributed by atoms with Crippen molar-refractivity contribution in [2.45, 2.75) is 66.5 Å². The number of hydrogen-bond acceptors (Lipinski definition) is 5. The molecule has 1 aliphatic carbocycles. The van der Waals surface area contributed by atoms with Gasteiger partial charge in [0.2, 0.25) is 0 Å². The third-order valence-corrected chi connectivity index (χ3v) is 7.47. The normalized spacial score (nSPS) is 16.1. The topological polar surface area (TPSA) is 63.8 Å². The number of rotatable bonds is 7. The summed E-state index contributed by atoms with van der Waals surface area (Å²) in [5.41, 5.74) is 3.00. The molecule has 0 aliphatic heterocycles. The van der Waals surface area contributed by atoms with Crippen LogP contribution in [0.15, 0.2) is 52.1 Å². The van der Waals surface area contributed by atoms with Gasteiger partial charge in [-0.15, -0.1) is 11.3 Å². The molecule has 2 heterocycles. The first-order chi connectivity index (χ1) is 16.2. The van der Waals surface area contributed by atoms with Crippen LogP contribution in [0.4, 0.5) is 5.00 Å². The molecule has 4 rings (SSSR count). The van der Waals surface area contributed by atoms with Crippen LogP contribution in [0.2, 0.25) is 0 Å². The molecule has 0 bridgehead atoms. The minimum Gasteiger partial charge on any atom is -0.490 e. The van der Waals surface area contributed by atoms with E-state index < -0.39 is 0 Å². The van der Waals surface area contributed by atoms with Crippen LogP contribution in [0.5, 0.6) is 5.75 Å². The lowest BCUT2D eigenvalue weighted by atomic mass is 9.72. The lowest BCUT2D eigenvalue weighted by Crippen LogP contribution is -2.28. The largest absolute Gasteiger partial charge is 0.490 e. The fraction of sp³-hybridized carbons (Fsp3) is 0.429. The van der Waals surface area contributed by atoms with Crippen molar-refractivity contribution in [2.75, 3.05) is 0 Å². The van der Waals surface area contributed by atoms with Gasteiger partial charge in [-0.1, -0.05) is 32.9 Å². The zero-order valence-corrected chi connectivity index (χ0v) is 21.5. The first-order valence-corrected chi connectivity index (χ1v) is 12.8. The van der Waals surface area contributed by atoms with Gasteiger partial charge in [-0.25, -0.2) is 4.99 Å². The standard InChI is InChI=1S/C28H34N2O3S/c1-18(2)33-23-11-7-6-9-19(23)16-30-27-25(26(31)29-17-21-10-8-14-32-21)22-13-12-20(28(3,4)5)15-24(22)34-27/h6-11,14,16,18,20H,12-13,15,17H2,1-5H3,(H,29,31)/t20-/m1/s1. The maximum Gasteiger partial charge on any atom is 0.255 e. The number of carbonyl (C=O) groups excluding carboxylic acids is 1. The predicted octanol–water partition coefficient (Wildman–Crippen LogP) is 6.96. The summed E-state index contributed by atoms with van der Waals surface area (Å²) >= 11 is 1.65. The number of furan rings is 1. The van der Waals surface area contributed by atoms with Crippen molar-refractivity contribution < 1.29 is 13.9 Å². The van der Waals surface area contributed by atoms with Crippen molar-refractivity contribution >= 4 is 28.5 Å². The molecular weight excluding hydrogens is 444 g/mol. The highest BCUT2D eigenvalue weighted by atomic mass is 32.1. The Hall–Kier alpha value is -2.86. The van der Waals surface area contributed by atoms with Crippen LogP contribution in [-0.4, -0.2) is 18.2 Å². The minimum absolute atomic E-state index is 0.0703. The van der Waals surface area contributed by atoms with Crippen LogP contribution in [-0.2, 0) is 19.4 Å². The summed E-state index contributed by atoms with van der Waals surface area (Å²) in [4.78, 5) is 19.5. The number of amides is 1. The number of carbonyl (C=O) groups is 1. The van der Waals surface area contributed by atoms with Gasteiger partial charge >= 0.3 is 0 Å². The predicted molar refractivity (Wildman–Crippen MR) is 139 cm³/mol. The number of nitrogens with zero attached hydrogens (tertiary/aromatic N) is 1. The Labute approximate surface area is 206 Å². The number of nitrogens with one attached hydrogen (secondary N) is 1. The molecule has 1 aromatic carbocycles. The number of aliphatic imine (C=N–C) groups is 1. The summed E-state index contributed by atoms with van der Waals surface area (Å²) in [7, 11) is 0. The zero-order chi connectivity index (χ0) is 24.3. The molecule has 1 N–H and O–H groups in total. The van der Waals surface area contributed by atoms with Crippen LogP contribution in [0.25, 0.3) is 0 Å². The van der Waals surface area contributed by atoms with Crippen molar-refractivity contribution in [2.24, 2.45) is 16.3 Å². The number of hydrogen-bond donors (Lipinski definition) is 1. The molecule has 180 valence electrons. The molecule has 3 aromatic rings. The summed E-state index contributed by atoms with van der Waals surface area (Å²) in [6, 6.07) is 11.6. The number of para-hydroxylation sites is 1. The Balaban J connectivity index is 1.66. The van der Waals surface area contributed by atoms with Gasteiger partial charge in [0.25, 0.3) is 5.91 Å². The monoisotopic (exact) mass is 478 g/mol. The Bertz CT molecular complexity index is 1150. The smallest absolute Gasteiger partial charge is 0.255 e. The molecular formula is C28H34N2O3S. The summed E-state index contributed by atoms with van der Waals surface area (Å²) in [6.07, 6.45) is 6.48. The molecule has 0 unspecified atom stereocenters. The molecule has 2 aromatic heterocycles. The van der Waals surface area contributed by atoms with E-state index in [2.05, 4.69) is 26.1 Å². The van der Waals surface area contributed by atoms with Gasteiger partial charge < -0.3 is 14.5 Å². The average molecular weight is 479 g/mol. The highest BCUT2D eigenvalue weighted by Gasteiger charge is 2.33. The van der Waals surface area contributed by atoms with Crippen LogP contribution < -0.4 is 10.1 Å². The molecule has 0 saturated carbocycles. The van der Waals surface area contributed by atoms with E-state index in [-0.39, 0.29) is 17.4 Å². The molecule has 6 heteroatoms. The highest BCUT2D eigenvalue weighted by Crippen LogP contribution is 2.45. The fourth-order valence-corrected chi connectivity index (χ4v) is 5.65. The summed E-state index contributed by atoms with van der Waals surface area (Å²) < 4.78 is 11.3. The van der Waals surface area contributed by atoms with E-state index in [0.717, 1.165) is 46.9 Å². The Morgan fingerprint density at radius 1 is 1.26 bits per heavy atom. The lowest BCUT2D eigenvalue weighted by Gasteiger charge is -2.33. The highest BCUT2D eigenvalue weighted by molar-refractivity contribution is 7.16. The van der Waals surface area contributed by atoms with Gasteiger partial charge in [-0.05, 0) is 74.3 Å². The molecule has 1 aliphatic rings. The maximum atomic E-state index is 13.4. The SMILES string of the molecule is CC(C)Oc1ccccc1C=Nc1sc2c(c1C(=O)NCc1ccco1)CC[C@@H](C(C)(C)C)C2. The third-order valence-electron chi connectivity index (χ3n) is 6.30. The van der Waals surface area contributed by atoms with Crippen molar-refractivity contribution in [1.82, 2.24) is 5.32 Å². The maximum absolute atomic E-state index is 13.4. The van der Waals surface area contributed by atoms with E-state index in [0.29, 0.717) is 18.0 Å². The second kappa shape index (κ2) is 10.2. The molecule has 34 heavy (non-hydrogen) atoms. The number of fused-ring (bicyclic) bond motifs is 1. The molecule has 0 fully saturated rings. The second-order valence-electron chi connectivity index (χ2n) is 10.2. The molecule has 5 nitrogen and oxygen atoms in total. The summed E-state index contributed by atoms with van der Waals surface area (Å²) in [5.74, 6) is 2.02. The van der Waals surface area contributed by atoms with Crippen LogP contribution >= 0.6 is 11.3 Å². The number of benzene rings is 1. The molecule has 0 spiro atoms. The minimum atomic E-state index is -0.0954. The Morgan fingerprint density at radius 2 is 2.06 bits per heavy atom. The van der Waals surface area contributed by atoms with E-state index >= 15 is 0 Å². The van der Waals surface area contributed by atoms with E-state index in [9.17, 15) is 4.79 Å². The zero-order valence-electron chi connectivity index (χ0n) is 20.7. The van der Waals surface area contributed by atoms with E-state index in [1.165, 1.54) is 4.88 Å². The van der Waals surface area contributed by atoms with Crippen LogP contribution in [0.3, 0.4) is 0 Å².